The highest BCUT2D eigenvalue weighted by Gasteiger charge is 2.21. The Morgan fingerprint density at radius 1 is 1.00 bits per heavy atom. The van der Waals surface area contributed by atoms with E-state index in [0.29, 0.717) is 0 Å². The van der Waals surface area contributed by atoms with Crippen molar-refractivity contribution in [2.75, 3.05) is 38.2 Å². The Hall–Kier alpha value is -2.00. The van der Waals surface area contributed by atoms with Crippen molar-refractivity contribution >= 4 is 5.69 Å². The van der Waals surface area contributed by atoms with E-state index in [2.05, 4.69) is 60.4 Å². The number of hydrogen-bond donors (Lipinski definition) is 1. The van der Waals surface area contributed by atoms with E-state index in [1.54, 1.807) is 12.0 Å². The van der Waals surface area contributed by atoms with Crippen LogP contribution in [-0.2, 0) is 6.54 Å². The van der Waals surface area contributed by atoms with E-state index >= 15 is 0 Å². The molecule has 0 aliphatic carbocycles. The Morgan fingerprint density at radius 2 is 1.68 bits per heavy atom. The van der Waals surface area contributed by atoms with Gasteiger partial charge in [-0.3, -0.25) is 0 Å². The quantitative estimate of drug-likeness (QED) is 0.928. The van der Waals surface area contributed by atoms with E-state index in [9.17, 15) is 0 Å². The van der Waals surface area contributed by atoms with Crippen LogP contribution in [0.2, 0.25) is 0 Å². The fraction of sp³-hybridized carbons (Fsp3) is 0.368. The Bertz CT molecular complexity index is 601. The molecule has 22 heavy (non-hydrogen) atoms. The first-order chi connectivity index (χ1) is 10.8. The van der Waals surface area contributed by atoms with E-state index in [1.165, 1.54) is 29.9 Å². The second kappa shape index (κ2) is 6.84. The molecule has 116 valence electrons. The molecular formula is C19H25N2O+. The molecule has 0 radical (unpaired) electrons. The monoisotopic (exact) mass is 297 g/mol. The summed E-state index contributed by atoms with van der Waals surface area (Å²) in [7, 11) is 1.71. The highest BCUT2D eigenvalue weighted by molar-refractivity contribution is 5.53. The summed E-state index contributed by atoms with van der Waals surface area (Å²) >= 11 is 0. The largest absolute Gasteiger partial charge is 0.497 e. The summed E-state index contributed by atoms with van der Waals surface area (Å²) in [5.74, 6) is 0.933. The van der Waals surface area contributed by atoms with Gasteiger partial charge >= 0.3 is 0 Å². The van der Waals surface area contributed by atoms with Crippen LogP contribution in [0.15, 0.2) is 48.5 Å². The molecule has 0 aromatic heterocycles. The van der Waals surface area contributed by atoms with Crippen molar-refractivity contribution in [2.45, 2.75) is 13.5 Å². The number of nitrogens with zero attached hydrogens (tertiary/aromatic N) is 1. The number of para-hydroxylation sites is 1. The first kappa shape index (κ1) is 14.9. The van der Waals surface area contributed by atoms with Crippen molar-refractivity contribution in [2.24, 2.45) is 0 Å². The number of piperazine rings is 1. The number of quaternary nitrogens is 1. The zero-order valence-corrected chi connectivity index (χ0v) is 13.5. The highest BCUT2D eigenvalue weighted by atomic mass is 16.5. The fourth-order valence-electron chi connectivity index (χ4n) is 3.19. The highest BCUT2D eigenvalue weighted by Crippen LogP contribution is 2.19. The lowest BCUT2D eigenvalue weighted by atomic mass is 10.1. The molecule has 1 saturated heterocycles. The van der Waals surface area contributed by atoms with Gasteiger partial charge in [0.25, 0.3) is 0 Å². The molecule has 1 N–H and O–H groups in total. The van der Waals surface area contributed by atoms with Crippen LogP contribution in [0.1, 0.15) is 11.1 Å². The Morgan fingerprint density at radius 3 is 2.32 bits per heavy atom. The van der Waals surface area contributed by atoms with Crippen molar-refractivity contribution in [1.29, 1.82) is 0 Å². The minimum Gasteiger partial charge on any atom is -0.497 e. The van der Waals surface area contributed by atoms with E-state index in [-0.39, 0.29) is 0 Å². The fourth-order valence-corrected chi connectivity index (χ4v) is 3.19. The molecule has 2 aromatic carbocycles. The zero-order chi connectivity index (χ0) is 15.4. The molecule has 1 fully saturated rings. The number of benzene rings is 2. The third kappa shape index (κ3) is 3.42. The van der Waals surface area contributed by atoms with Gasteiger partial charge in [0.1, 0.15) is 12.3 Å². The Labute approximate surface area is 133 Å². The number of aryl methyl sites for hydroxylation is 1. The van der Waals surface area contributed by atoms with Gasteiger partial charge in [0.05, 0.1) is 33.3 Å². The minimum atomic E-state index is 0.933. The summed E-state index contributed by atoms with van der Waals surface area (Å²) < 4.78 is 5.22. The molecule has 3 rings (SSSR count). The summed E-state index contributed by atoms with van der Waals surface area (Å²) in [6.07, 6.45) is 0. The average molecular weight is 297 g/mol. The molecule has 3 heteroatoms. The molecule has 0 unspecified atom stereocenters. The van der Waals surface area contributed by atoms with Crippen molar-refractivity contribution in [3.05, 3.63) is 59.7 Å². The first-order valence-electron chi connectivity index (χ1n) is 8.03. The van der Waals surface area contributed by atoms with Gasteiger partial charge in [-0.25, -0.2) is 0 Å². The first-order valence-corrected chi connectivity index (χ1v) is 8.03. The van der Waals surface area contributed by atoms with Crippen LogP contribution in [-0.4, -0.2) is 33.3 Å². The predicted octanol–water partition coefficient (Wildman–Crippen LogP) is 1.91. The van der Waals surface area contributed by atoms with E-state index in [4.69, 9.17) is 4.74 Å². The lowest BCUT2D eigenvalue weighted by molar-refractivity contribution is -0.914. The molecule has 0 bridgehead atoms. The molecule has 1 heterocycles. The molecular weight excluding hydrogens is 272 g/mol. The molecule has 1 aliphatic rings. The van der Waals surface area contributed by atoms with Gasteiger partial charge in [-0.05, 0) is 42.8 Å². The number of ether oxygens (including phenoxy) is 1. The zero-order valence-electron chi connectivity index (χ0n) is 13.5. The van der Waals surface area contributed by atoms with Crippen LogP contribution in [0.3, 0.4) is 0 Å². The van der Waals surface area contributed by atoms with Crippen LogP contribution in [0.25, 0.3) is 0 Å². The smallest absolute Gasteiger partial charge is 0.118 e. The lowest BCUT2D eigenvalue weighted by Gasteiger charge is -2.34. The normalized spacial score (nSPS) is 15.8. The molecule has 0 atom stereocenters. The van der Waals surface area contributed by atoms with Crippen molar-refractivity contribution in [3.63, 3.8) is 0 Å². The maximum absolute atomic E-state index is 5.22. The predicted molar refractivity (Wildman–Crippen MR) is 90.8 cm³/mol. The lowest BCUT2D eigenvalue weighted by Crippen LogP contribution is -3.13. The summed E-state index contributed by atoms with van der Waals surface area (Å²) in [4.78, 5) is 4.18. The maximum Gasteiger partial charge on any atom is 0.118 e. The number of anilines is 1. The van der Waals surface area contributed by atoms with Crippen LogP contribution >= 0.6 is 0 Å². The van der Waals surface area contributed by atoms with Gasteiger partial charge < -0.3 is 14.5 Å². The summed E-state index contributed by atoms with van der Waals surface area (Å²) in [6, 6.07) is 17.2. The van der Waals surface area contributed by atoms with Gasteiger partial charge in [-0.2, -0.15) is 0 Å². The molecule has 0 amide bonds. The topological polar surface area (TPSA) is 16.9 Å². The van der Waals surface area contributed by atoms with E-state index in [1.807, 2.05) is 0 Å². The van der Waals surface area contributed by atoms with Crippen molar-refractivity contribution in [3.8, 4) is 5.75 Å². The van der Waals surface area contributed by atoms with Gasteiger partial charge in [-0.1, -0.05) is 18.2 Å². The van der Waals surface area contributed by atoms with Crippen LogP contribution < -0.4 is 14.5 Å². The second-order valence-electron chi connectivity index (χ2n) is 6.05. The van der Waals surface area contributed by atoms with Crippen LogP contribution in [0.5, 0.6) is 5.75 Å². The molecule has 0 saturated carbocycles. The van der Waals surface area contributed by atoms with Crippen LogP contribution in [0, 0.1) is 6.92 Å². The number of methoxy groups -OCH3 is 1. The van der Waals surface area contributed by atoms with Gasteiger partial charge in [0.2, 0.25) is 0 Å². The van der Waals surface area contributed by atoms with E-state index < -0.39 is 0 Å². The van der Waals surface area contributed by atoms with Gasteiger partial charge in [0, 0.05) is 11.3 Å². The summed E-state index contributed by atoms with van der Waals surface area (Å²) in [5, 5.41) is 0. The Balaban J connectivity index is 1.56. The average Bonchev–Trinajstić information content (AvgIpc) is 2.57. The summed E-state index contributed by atoms with van der Waals surface area (Å²) in [6.45, 7) is 7.96. The SMILES string of the molecule is COc1ccc(C[NH+]2CCN(c3ccccc3C)CC2)cc1. The minimum absolute atomic E-state index is 0.933. The number of rotatable bonds is 4. The third-order valence-corrected chi connectivity index (χ3v) is 4.54. The standard InChI is InChI=1S/C19H24N2O/c1-16-5-3-4-6-19(16)21-13-11-20(12-14-21)15-17-7-9-18(22-2)10-8-17/h3-10H,11-15H2,1-2H3/p+1. The number of hydrogen-bond acceptors (Lipinski definition) is 2. The van der Waals surface area contributed by atoms with Gasteiger partial charge in [0.15, 0.2) is 0 Å². The maximum atomic E-state index is 5.22. The molecule has 0 spiro atoms. The second-order valence-corrected chi connectivity index (χ2v) is 6.05. The Kier molecular flexibility index (Phi) is 4.64. The van der Waals surface area contributed by atoms with Crippen LogP contribution in [0.4, 0.5) is 5.69 Å². The van der Waals surface area contributed by atoms with E-state index in [0.717, 1.165) is 25.4 Å². The number of nitrogens with one attached hydrogen (secondary N) is 1. The summed E-state index contributed by atoms with van der Waals surface area (Å²) in [5.41, 5.74) is 4.16. The third-order valence-electron chi connectivity index (χ3n) is 4.54. The van der Waals surface area contributed by atoms with Crippen molar-refractivity contribution in [1.82, 2.24) is 0 Å². The molecule has 1 aliphatic heterocycles. The molecule has 3 nitrogen and oxygen atoms in total. The molecule has 2 aromatic rings. The van der Waals surface area contributed by atoms with Crippen molar-refractivity contribution < 1.29 is 9.64 Å². The van der Waals surface area contributed by atoms with Gasteiger partial charge in [-0.15, -0.1) is 0 Å².